The fourth-order valence-electron chi connectivity index (χ4n) is 2.97. The van der Waals surface area contributed by atoms with Crippen molar-refractivity contribution in [3.63, 3.8) is 0 Å². The SMILES string of the molecule is COc1ccc(/C=C2\S/C(=N\N=C\c3cccnc3)N(Cc3ccco3)C2=O)cc1OC. The Bertz CT molecular complexity index is 1170. The largest absolute Gasteiger partial charge is 0.493 e. The number of amidine groups is 1. The topological polar surface area (TPSA) is 89.5 Å². The van der Waals surface area contributed by atoms with Crippen LogP contribution >= 0.6 is 11.8 Å². The lowest BCUT2D eigenvalue weighted by atomic mass is 10.2. The molecule has 0 unspecified atom stereocenters. The predicted molar refractivity (Wildman–Crippen MR) is 124 cm³/mol. The molecule has 8 nitrogen and oxygen atoms in total. The standard InChI is InChI=1S/C23H20N4O4S/c1-29-19-8-7-16(11-20(19)30-2)12-21-22(28)27(15-18-6-4-10-31-18)23(32-21)26-25-14-17-5-3-9-24-13-17/h3-14H,15H2,1-2H3/b21-12-,25-14+,26-23-. The average Bonchev–Trinajstić information content (AvgIpc) is 3.44. The van der Waals surface area contributed by atoms with E-state index in [1.807, 2.05) is 30.3 Å². The number of thioether (sulfide) groups is 1. The summed E-state index contributed by atoms with van der Waals surface area (Å²) in [4.78, 5) is 19.3. The molecule has 1 aliphatic rings. The minimum atomic E-state index is -0.184. The average molecular weight is 449 g/mol. The van der Waals surface area contributed by atoms with E-state index in [2.05, 4.69) is 15.2 Å². The van der Waals surface area contributed by atoms with Gasteiger partial charge in [-0.2, -0.15) is 5.10 Å². The lowest BCUT2D eigenvalue weighted by Crippen LogP contribution is -2.28. The number of benzene rings is 1. The quantitative estimate of drug-likeness (QED) is 0.306. The molecule has 32 heavy (non-hydrogen) atoms. The number of pyridine rings is 1. The van der Waals surface area contributed by atoms with Gasteiger partial charge in [0.25, 0.3) is 5.91 Å². The highest BCUT2D eigenvalue weighted by molar-refractivity contribution is 8.18. The number of methoxy groups -OCH3 is 2. The van der Waals surface area contributed by atoms with Gasteiger partial charge < -0.3 is 13.9 Å². The molecule has 1 fully saturated rings. The summed E-state index contributed by atoms with van der Waals surface area (Å²) in [6.07, 6.45) is 8.31. The van der Waals surface area contributed by atoms with E-state index in [-0.39, 0.29) is 12.5 Å². The third-order valence-corrected chi connectivity index (χ3v) is 5.52. The van der Waals surface area contributed by atoms with Gasteiger partial charge in [-0.1, -0.05) is 12.1 Å². The Morgan fingerprint density at radius 2 is 2.00 bits per heavy atom. The first-order valence-electron chi connectivity index (χ1n) is 9.65. The van der Waals surface area contributed by atoms with Crippen molar-refractivity contribution in [1.29, 1.82) is 0 Å². The van der Waals surface area contributed by atoms with Crippen LogP contribution in [0.2, 0.25) is 0 Å². The van der Waals surface area contributed by atoms with Crippen LogP contribution in [0.4, 0.5) is 0 Å². The van der Waals surface area contributed by atoms with Crippen LogP contribution in [0.3, 0.4) is 0 Å². The monoisotopic (exact) mass is 448 g/mol. The Kier molecular flexibility index (Phi) is 6.66. The third kappa shape index (κ3) is 4.89. The minimum absolute atomic E-state index is 0.184. The van der Waals surface area contributed by atoms with Gasteiger partial charge in [-0.25, -0.2) is 0 Å². The molecule has 0 N–H and O–H groups in total. The van der Waals surface area contributed by atoms with E-state index in [9.17, 15) is 4.79 Å². The first-order chi connectivity index (χ1) is 15.7. The van der Waals surface area contributed by atoms with Crippen molar-refractivity contribution in [3.05, 3.63) is 82.9 Å². The Labute approximate surface area is 189 Å². The second-order valence-corrected chi connectivity index (χ2v) is 7.62. The number of aromatic nitrogens is 1. The summed E-state index contributed by atoms with van der Waals surface area (Å²) in [5.74, 6) is 1.66. The van der Waals surface area contributed by atoms with E-state index in [1.54, 1.807) is 57.3 Å². The van der Waals surface area contributed by atoms with Crippen molar-refractivity contribution in [1.82, 2.24) is 9.88 Å². The molecule has 1 amide bonds. The van der Waals surface area contributed by atoms with Crippen LogP contribution < -0.4 is 9.47 Å². The summed E-state index contributed by atoms with van der Waals surface area (Å²) in [5.41, 5.74) is 1.61. The summed E-state index contributed by atoms with van der Waals surface area (Å²) in [6.45, 7) is 0.253. The van der Waals surface area contributed by atoms with Gasteiger partial charge in [-0.05, 0) is 53.7 Å². The smallest absolute Gasteiger partial charge is 0.267 e. The molecular weight excluding hydrogens is 428 g/mol. The molecule has 0 bridgehead atoms. The third-order valence-electron chi connectivity index (χ3n) is 4.52. The number of hydrogen-bond acceptors (Lipinski definition) is 8. The van der Waals surface area contributed by atoms with Crippen LogP contribution in [0.5, 0.6) is 11.5 Å². The van der Waals surface area contributed by atoms with Crippen LogP contribution in [0.1, 0.15) is 16.9 Å². The maximum atomic E-state index is 13.2. The molecule has 0 saturated carbocycles. The van der Waals surface area contributed by atoms with Crippen LogP contribution in [-0.2, 0) is 11.3 Å². The molecule has 3 heterocycles. The second kappa shape index (κ2) is 9.97. The number of furan rings is 1. The summed E-state index contributed by atoms with van der Waals surface area (Å²) >= 11 is 1.25. The Morgan fingerprint density at radius 1 is 1.12 bits per heavy atom. The Hall–Kier alpha value is -3.85. The van der Waals surface area contributed by atoms with Crippen molar-refractivity contribution in [2.75, 3.05) is 14.2 Å². The molecule has 0 spiro atoms. The molecule has 0 atom stereocenters. The zero-order valence-electron chi connectivity index (χ0n) is 17.5. The van der Waals surface area contributed by atoms with Gasteiger partial charge in [0.1, 0.15) is 5.76 Å². The van der Waals surface area contributed by atoms with Crippen molar-refractivity contribution in [3.8, 4) is 11.5 Å². The molecule has 4 rings (SSSR count). The van der Waals surface area contributed by atoms with Gasteiger partial charge >= 0.3 is 0 Å². The predicted octanol–water partition coefficient (Wildman–Crippen LogP) is 4.20. The number of carbonyl (C=O) groups is 1. The van der Waals surface area contributed by atoms with E-state index in [0.29, 0.717) is 27.3 Å². The second-order valence-electron chi connectivity index (χ2n) is 6.61. The highest BCUT2D eigenvalue weighted by Crippen LogP contribution is 2.35. The fraction of sp³-hybridized carbons (Fsp3) is 0.130. The number of rotatable bonds is 7. The van der Waals surface area contributed by atoms with Crippen molar-refractivity contribution < 1.29 is 18.7 Å². The van der Waals surface area contributed by atoms with Crippen LogP contribution in [0.25, 0.3) is 6.08 Å². The maximum Gasteiger partial charge on any atom is 0.267 e. The van der Waals surface area contributed by atoms with Crippen LogP contribution in [-0.4, -0.2) is 41.4 Å². The van der Waals surface area contributed by atoms with Crippen molar-refractivity contribution in [2.45, 2.75) is 6.54 Å². The first kappa shape index (κ1) is 21.4. The number of hydrogen-bond donors (Lipinski definition) is 0. The van der Waals surface area contributed by atoms with E-state index in [0.717, 1.165) is 11.1 Å². The van der Waals surface area contributed by atoms with E-state index >= 15 is 0 Å². The van der Waals surface area contributed by atoms with Gasteiger partial charge in [-0.15, -0.1) is 5.10 Å². The molecule has 1 saturated heterocycles. The zero-order chi connectivity index (χ0) is 22.3. The van der Waals surface area contributed by atoms with E-state index < -0.39 is 0 Å². The number of carbonyl (C=O) groups excluding carboxylic acids is 1. The molecule has 0 aliphatic carbocycles. The summed E-state index contributed by atoms with van der Waals surface area (Å²) < 4.78 is 16.1. The minimum Gasteiger partial charge on any atom is -0.493 e. The molecule has 9 heteroatoms. The van der Waals surface area contributed by atoms with E-state index in [1.165, 1.54) is 16.7 Å². The number of nitrogens with zero attached hydrogens (tertiary/aromatic N) is 4. The molecule has 0 radical (unpaired) electrons. The van der Waals surface area contributed by atoms with Crippen LogP contribution in [0, 0.1) is 0 Å². The number of amides is 1. The molecular formula is C23H20N4O4S. The fourth-order valence-corrected chi connectivity index (χ4v) is 3.91. The maximum absolute atomic E-state index is 13.2. The lowest BCUT2D eigenvalue weighted by molar-refractivity contribution is -0.122. The highest BCUT2D eigenvalue weighted by atomic mass is 32.2. The van der Waals surface area contributed by atoms with Gasteiger partial charge in [0.2, 0.25) is 0 Å². The van der Waals surface area contributed by atoms with Gasteiger partial charge in [0.15, 0.2) is 16.7 Å². The van der Waals surface area contributed by atoms with E-state index in [4.69, 9.17) is 13.9 Å². The van der Waals surface area contributed by atoms with Crippen LogP contribution in [0.15, 0.2) is 80.6 Å². The molecule has 2 aromatic heterocycles. The Morgan fingerprint density at radius 3 is 2.72 bits per heavy atom. The van der Waals surface area contributed by atoms with Crippen molar-refractivity contribution in [2.24, 2.45) is 10.2 Å². The Balaban J connectivity index is 1.63. The first-order valence-corrected chi connectivity index (χ1v) is 10.5. The summed E-state index contributed by atoms with van der Waals surface area (Å²) in [5, 5.41) is 8.88. The molecule has 1 aliphatic heterocycles. The van der Waals surface area contributed by atoms with Crippen molar-refractivity contribution >= 4 is 35.1 Å². The zero-order valence-corrected chi connectivity index (χ0v) is 18.3. The summed E-state index contributed by atoms with van der Waals surface area (Å²) in [6, 6.07) is 12.7. The van der Waals surface area contributed by atoms with Gasteiger partial charge in [0.05, 0.1) is 38.1 Å². The summed E-state index contributed by atoms with van der Waals surface area (Å²) in [7, 11) is 3.15. The van der Waals surface area contributed by atoms with Gasteiger partial charge in [-0.3, -0.25) is 14.7 Å². The number of ether oxygens (including phenoxy) is 2. The molecule has 1 aromatic carbocycles. The molecule has 162 valence electrons. The lowest BCUT2D eigenvalue weighted by Gasteiger charge is -2.12. The molecule has 3 aromatic rings. The van der Waals surface area contributed by atoms with Gasteiger partial charge in [0, 0.05) is 18.0 Å². The highest BCUT2D eigenvalue weighted by Gasteiger charge is 2.34. The normalized spacial score (nSPS) is 16.4.